The van der Waals surface area contributed by atoms with Crippen molar-refractivity contribution in [2.45, 2.75) is 38.1 Å². The second-order valence-corrected chi connectivity index (χ2v) is 7.46. The number of aromatic nitrogens is 2. The molecule has 0 atom stereocenters. The third-order valence-corrected chi connectivity index (χ3v) is 5.62. The molecule has 0 radical (unpaired) electrons. The van der Waals surface area contributed by atoms with Gasteiger partial charge in [-0.3, -0.25) is 0 Å². The van der Waals surface area contributed by atoms with Crippen molar-refractivity contribution < 1.29 is 0 Å². The van der Waals surface area contributed by atoms with Crippen LogP contribution in [-0.2, 0) is 6.42 Å². The first-order chi connectivity index (χ1) is 13.4. The molecule has 3 aromatic rings. The third kappa shape index (κ3) is 3.27. The van der Waals surface area contributed by atoms with Crippen LogP contribution in [0.2, 0.25) is 0 Å². The highest BCUT2D eigenvalue weighted by molar-refractivity contribution is 5.70. The van der Waals surface area contributed by atoms with Crippen LogP contribution in [0.3, 0.4) is 0 Å². The van der Waals surface area contributed by atoms with Crippen LogP contribution >= 0.6 is 0 Å². The summed E-state index contributed by atoms with van der Waals surface area (Å²) in [6.45, 7) is 0.931. The zero-order valence-electron chi connectivity index (χ0n) is 15.4. The molecule has 1 N–H and O–H groups in total. The van der Waals surface area contributed by atoms with Gasteiger partial charge in [-0.05, 0) is 30.9 Å². The Bertz CT molecular complexity index is 932. The summed E-state index contributed by atoms with van der Waals surface area (Å²) in [5.74, 6) is 1.73. The minimum Gasteiger partial charge on any atom is -0.367 e. The first kappa shape index (κ1) is 16.3. The molecule has 0 spiro atoms. The Morgan fingerprint density at radius 3 is 2.52 bits per heavy atom. The number of fused-ring (bicyclic) bond motifs is 1. The van der Waals surface area contributed by atoms with Gasteiger partial charge in [0.2, 0.25) is 5.95 Å². The summed E-state index contributed by atoms with van der Waals surface area (Å²) in [6, 6.07) is 21.6. The molecule has 1 aliphatic heterocycles. The van der Waals surface area contributed by atoms with E-state index in [0.29, 0.717) is 6.04 Å². The maximum Gasteiger partial charge on any atom is 0.232 e. The van der Waals surface area contributed by atoms with Crippen molar-refractivity contribution in [1.29, 1.82) is 0 Å². The summed E-state index contributed by atoms with van der Waals surface area (Å²) in [6.07, 6.45) is 6.11. The summed E-state index contributed by atoms with van der Waals surface area (Å²) in [7, 11) is 0. The van der Waals surface area contributed by atoms with Crippen LogP contribution in [0.15, 0.2) is 60.7 Å². The number of rotatable bonds is 4. The first-order valence-corrected chi connectivity index (χ1v) is 9.93. The van der Waals surface area contributed by atoms with Crippen molar-refractivity contribution >= 4 is 17.5 Å². The molecule has 1 aromatic heterocycles. The molecule has 0 bridgehead atoms. The van der Waals surface area contributed by atoms with E-state index in [1.807, 2.05) is 6.07 Å². The summed E-state index contributed by atoms with van der Waals surface area (Å²) in [4.78, 5) is 12.1. The van der Waals surface area contributed by atoms with Crippen LogP contribution in [0.5, 0.6) is 0 Å². The molecule has 4 nitrogen and oxygen atoms in total. The Labute approximate surface area is 160 Å². The molecule has 136 valence electrons. The molecular formula is C23H24N4. The van der Waals surface area contributed by atoms with E-state index in [-0.39, 0.29) is 0 Å². The van der Waals surface area contributed by atoms with Gasteiger partial charge in [-0.1, -0.05) is 61.4 Å². The van der Waals surface area contributed by atoms with E-state index < -0.39 is 0 Å². The van der Waals surface area contributed by atoms with E-state index in [9.17, 15) is 0 Å². The Balaban J connectivity index is 1.56. The van der Waals surface area contributed by atoms with Crippen LogP contribution in [-0.4, -0.2) is 22.6 Å². The summed E-state index contributed by atoms with van der Waals surface area (Å²) >= 11 is 0. The topological polar surface area (TPSA) is 41.1 Å². The summed E-state index contributed by atoms with van der Waals surface area (Å²) < 4.78 is 0. The van der Waals surface area contributed by atoms with E-state index in [4.69, 9.17) is 9.97 Å². The molecule has 0 saturated heterocycles. The van der Waals surface area contributed by atoms with Crippen LogP contribution < -0.4 is 10.2 Å². The largest absolute Gasteiger partial charge is 0.367 e. The lowest BCUT2D eigenvalue weighted by molar-refractivity contribution is 0.749. The average Bonchev–Trinajstić information content (AvgIpc) is 3.38. The minimum absolute atomic E-state index is 0.530. The smallest absolute Gasteiger partial charge is 0.232 e. The number of hydrogen-bond acceptors (Lipinski definition) is 4. The lowest BCUT2D eigenvalue weighted by atomic mass is 10.1. The molecule has 1 fully saturated rings. The molecule has 1 saturated carbocycles. The fraction of sp³-hybridized carbons (Fsp3) is 0.304. The minimum atomic E-state index is 0.530. The normalized spacial score (nSPS) is 16.5. The van der Waals surface area contributed by atoms with E-state index in [1.54, 1.807) is 0 Å². The van der Waals surface area contributed by atoms with Gasteiger partial charge in [0.1, 0.15) is 5.82 Å². The molecule has 5 rings (SSSR count). The van der Waals surface area contributed by atoms with Gasteiger partial charge < -0.3 is 10.2 Å². The van der Waals surface area contributed by atoms with Crippen molar-refractivity contribution in [3.8, 4) is 11.3 Å². The second-order valence-electron chi connectivity index (χ2n) is 7.46. The SMILES string of the molecule is c1ccc(-c2cc(NC3CCCC3)nc(N3CCc4ccccc43)n2)cc1. The highest BCUT2D eigenvalue weighted by Gasteiger charge is 2.24. The molecule has 27 heavy (non-hydrogen) atoms. The monoisotopic (exact) mass is 356 g/mol. The Hall–Kier alpha value is -2.88. The van der Waals surface area contributed by atoms with Gasteiger partial charge in [-0.25, -0.2) is 4.98 Å². The van der Waals surface area contributed by atoms with Gasteiger partial charge in [0.25, 0.3) is 0 Å². The second kappa shape index (κ2) is 7.03. The molecule has 2 heterocycles. The quantitative estimate of drug-likeness (QED) is 0.698. The van der Waals surface area contributed by atoms with Crippen LogP contribution in [0.4, 0.5) is 17.5 Å². The Morgan fingerprint density at radius 1 is 0.889 bits per heavy atom. The molecule has 0 unspecified atom stereocenters. The van der Waals surface area contributed by atoms with Gasteiger partial charge in [-0.15, -0.1) is 0 Å². The number of benzene rings is 2. The van der Waals surface area contributed by atoms with Gasteiger partial charge >= 0.3 is 0 Å². The lowest BCUT2D eigenvalue weighted by Crippen LogP contribution is -2.20. The van der Waals surface area contributed by atoms with E-state index in [2.05, 4.69) is 64.8 Å². The van der Waals surface area contributed by atoms with Crippen molar-refractivity contribution in [3.05, 3.63) is 66.2 Å². The molecule has 1 aliphatic carbocycles. The van der Waals surface area contributed by atoms with Crippen LogP contribution in [0.25, 0.3) is 11.3 Å². The number of hydrogen-bond donors (Lipinski definition) is 1. The fourth-order valence-corrected chi connectivity index (χ4v) is 4.21. The molecule has 2 aromatic carbocycles. The van der Waals surface area contributed by atoms with Crippen molar-refractivity contribution in [3.63, 3.8) is 0 Å². The van der Waals surface area contributed by atoms with Crippen LogP contribution in [0.1, 0.15) is 31.2 Å². The number of nitrogens with one attached hydrogen (secondary N) is 1. The standard InChI is InChI=1S/C23H24N4/c1-2-8-17(9-3-1)20-16-22(24-19-11-5-6-12-19)26-23(25-20)27-15-14-18-10-4-7-13-21(18)27/h1-4,7-10,13,16,19H,5-6,11-12,14-15H2,(H,24,25,26). The molecule has 4 heteroatoms. The lowest BCUT2D eigenvalue weighted by Gasteiger charge is -2.20. The van der Waals surface area contributed by atoms with E-state index >= 15 is 0 Å². The van der Waals surface area contributed by atoms with Crippen molar-refractivity contribution in [2.24, 2.45) is 0 Å². The first-order valence-electron chi connectivity index (χ1n) is 9.93. The highest BCUT2D eigenvalue weighted by Crippen LogP contribution is 2.34. The van der Waals surface area contributed by atoms with E-state index in [0.717, 1.165) is 36.0 Å². The van der Waals surface area contributed by atoms with Gasteiger partial charge in [0.15, 0.2) is 0 Å². The van der Waals surface area contributed by atoms with Crippen molar-refractivity contribution in [2.75, 3.05) is 16.8 Å². The fourth-order valence-electron chi connectivity index (χ4n) is 4.21. The third-order valence-electron chi connectivity index (χ3n) is 5.62. The summed E-state index contributed by atoms with van der Waals surface area (Å²) in [5.41, 5.74) is 4.71. The van der Waals surface area contributed by atoms with Gasteiger partial charge in [0, 0.05) is 29.9 Å². The molecule has 2 aliphatic rings. The predicted molar refractivity (Wildman–Crippen MR) is 110 cm³/mol. The Kier molecular flexibility index (Phi) is 4.24. The maximum absolute atomic E-state index is 4.93. The highest BCUT2D eigenvalue weighted by atomic mass is 15.3. The zero-order chi connectivity index (χ0) is 18.1. The number of para-hydroxylation sites is 1. The van der Waals surface area contributed by atoms with Crippen molar-refractivity contribution in [1.82, 2.24) is 9.97 Å². The number of anilines is 3. The molecular weight excluding hydrogens is 332 g/mol. The number of nitrogens with zero attached hydrogens (tertiary/aromatic N) is 3. The molecule has 0 amide bonds. The summed E-state index contributed by atoms with van der Waals surface area (Å²) in [5, 5.41) is 3.66. The zero-order valence-corrected chi connectivity index (χ0v) is 15.4. The van der Waals surface area contributed by atoms with Crippen LogP contribution in [0, 0.1) is 0 Å². The Morgan fingerprint density at radius 2 is 1.67 bits per heavy atom. The predicted octanol–water partition coefficient (Wildman–Crippen LogP) is 5.19. The van der Waals surface area contributed by atoms with Gasteiger partial charge in [-0.2, -0.15) is 4.98 Å². The maximum atomic E-state index is 4.93. The van der Waals surface area contributed by atoms with E-state index in [1.165, 1.54) is 36.9 Å². The average molecular weight is 356 g/mol. The van der Waals surface area contributed by atoms with Gasteiger partial charge in [0.05, 0.1) is 5.69 Å².